The number of nitrogens with zero attached hydrogens (tertiary/aromatic N) is 2. The number of aromatic nitrogens is 2. The summed E-state index contributed by atoms with van der Waals surface area (Å²) in [6.45, 7) is 3.17. The Morgan fingerprint density at radius 1 is 1.25 bits per heavy atom. The molecule has 0 amide bonds. The number of Topliss-reactive ketones (excluding diaryl/α,β-unsaturated/α-hetero) is 1. The van der Waals surface area contributed by atoms with Crippen LogP contribution in [0.15, 0.2) is 27.8 Å². The zero-order chi connectivity index (χ0) is 18.2. The normalized spacial score (nSPS) is 12.0. The fourth-order valence-electron chi connectivity index (χ4n) is 2.36. The van der Waals surface area contributed by atoms with Crippen molar-refractivity contribution in [1.29, 1.82) is 0 Å². The molecule has 0 aliphatic heterocycles. The third kappa shape index (κ3) is 2.94. The van der Waals surface area contributed by atoms with Gasteiger partial charge in [0.05, 0.1) is 6.04 Å². The minimum absolute atomic E-state index is 0.183. The molecule has 1 heterocycles. The number of halogens is 1. The minimum Gasteiger partial charge on any atom is -0.384 e. The molecule has 0 aliphatic rings. The van der Waals surface area contributed by atoms with Gasteiger partial charge in [0.2, 0.25) is 0 Å². The van der Waals surface area contributed by atoms with Crippen molar-refractivity contribution in [2.24, 2.45) is 14.1 Å². The molecule has 0 fully saturated rings. The van der Waals surface area contributed by atoms with Gasteiger partial charge in [0.25, 0.3) is 5.56 Å². The molecule has 0 saturated heterocycles. The van der Waals surface area contributed by atoms with Crippen LogP contribution in [0, 0.1) is 12.7 Å². The molecule has 128 valence electrons. The first-order valence-corrected chi connectivity index (χ1v) is 7.27. The number of carbonyl (C=O) groups is 1. The molecule has 0 aliphatic carbocycles. The Balaban J connectivity index is 2.40. The number of ketones is 1. The predicted octanol–water partition coefficient (Wildman–Crippen LogP) is 0.797. The van der Waals surface area contributed by atoms with Crippen molar-refractivity contribution < 1.29 is 9.18 Å². The Morgan fingerprint density at radius 3 is 2.46 bits per heavy atom. The lowest BCUT2D eigenvalue weighted by Gasteiger charge is -2.17. The Bertz CT molecular complexity index is 930. The van der Waals surface area contributed by atoms with Crippen LogP contribution in [0.3, 0.4) is 0 Å². The Labute approximate surface area is 137 Å². The second kappa shape index (κ2) is 6.31. The van der Waals surface area contributed by atoms with E-state index in [1.165, 1.54) is 26.2 Å². The first-order valence-electron chi connectivity index (χ1n) is 7.27. The molecule has 3 N–H and O–H groups in total. The predicted molar refractivity (Wildman–Crippen MR) is 89.9 cm³/mol. The van der Waals surface area contributed by atoms with Gasteiger partial charge in [-0.15, -0.1) is 0 Å². The third-order valence-corrected chi connectivity index (χ3v) is 3.89. The SMILES string of the molecule is Cc1cc(NC(C)C(=O)c2c(N)n(C)c(=O)n(C)c2=O)ccc1F. The van der Waals surface area contributed by atoms with E-state index >= 15 is 0 Å². The van der Waals surface area contributed by atoms with Crippen molar-refractivity contribution in [1.82, 2.24) is 9.13 Å². The average molecular weight is 334 g/mol. The van der Waals surface area contributed by atoms with Crippen LogP contribution < -0.4 is 22.3 Å². The summed E-state index contributed by atoms with van der Waals surface area (Å²) in [5, 5.41) is 2.91. The zero-order valence-corrected chi connectivity index (χ0v) is 13.9. The van der Waals surface area contributed by atoms with E-state index in [0.29, 0.717) is 11.3 Å². The summed E-state index contributed by atoms with van der Waals surface area (Å²) in [5.74, 6) is -1.08. The molecule has 0 saturated carbocycles. The Morgan fingerprint density at radius 2 is 1.88 bits per heavy atom. The number of aryl methyl sites for hydroxylation is 1. The van der Waals surface area contributed by atoms with Crippen LogP contribution in [0.25, 0.3) is 0 Å². The smallest absolute Gasteiger partial charge is 0.332 e. The van der Waals surface area contributed by atoms with Gasteiger partial charge in [-0.25, -0.2) is 9.18 Å². The van der Waals surface area contributed by atoms with E-state index in [4.69, 9.17) is 5.73 Å². The van der Waals surface area contributed by atoms with Gasteiger partial charge < -0.3 is 11.1 Å². The third-order valence-electron chi connectivity index (χ3n) is 3.89. The second-order valence-corrected chi connectivity index (χ2v) is 5.66. The number of nitrogens with one attached hydrogen (secondary N) is 1. The quantitative estimate of drug-likeness (QED) is 0.806. The highest BCUT2D eigenvalue weighted by molar-refractivity contribution is 6.04. The summed E-state index contributed by atoms with van der Waals surface area (Å²) in [6, 6.07) is 3.55. The largest absolute Gasteiger partial charge is 0.384 e. The maximum Gasteiger partial charge on any atom is 0.332 e. The number of nitrogen functional groups attached to an aromatic ring is 1. The van der Waals surface area contributed by atoms with Gasteiger partial charge in [0, 0.05) is 19.8 Å². The van der Waals surface area contributed by atoms with E-state index in [9.17, 15) is 18.8 Å². The van der Waals surface area contributed by atoms with E-state index in [-0.39, 0.29) is 17.2 Å². The molecule has 1 aromatic heterocycles. The van der Waals surface area contributed by atoms with E-state index in [1.807, 2.05) is 0 Å². The second-order valence-electron chi connectivity index (χ2n) is 5.66. The number of hydrogen-bond acceptors (Lipinski definition) is 5. The van der Waals surface area contributed by atoms with Crippen molar-refractivity contribution in [2.45, 2.75) is 19.9 Å². The van der Waals surface area contributed by atoms with Crippen molar-refractivity contribution in [3.05, 3.63) is 56.0 Å². The monoisotopic (exact) mass is 334 g/mol. The molecule has 1 unspecified atom stereocenters. The maximum atomic E-state index is 13.3. The highest BCUT2D eigenvalue weighted by Crippen LogP contribution is 2.16. The fraction of sp³-hybridized carbons (Fsp3) is 0.312. The highest BCUT2D eigenvalue weighted by Gasteiger charge is 2.24. The summed E-state index contributed by atoms with van der Waals surface area (Å²) >= 11 is 0. The van der Waals surface area contributed by atoms with E-state index in [1.54, 1.807) is 19.9 Å². The first-order chi connectivity index (χ1) is 11.1. The van der Waals surface area contributed by atoms with Gasteiger partial charge in [-0.05, 0) is 37.6 Å². The molecule has 2 aromatic rings. The molecule has 0 radical (unpaired) electrons. The molecule has 7 nitrogen and oxygen atoms in total. The van der Waals surface area contributed by atoms with Crippen LogP contribution in [0.4, 0.5) is 15.9 Å². The molecule has 1 atom stereocenters. The van der Waals surface area contributed by atoms with Gasteiger partial charge in [-0.2, -0.15) is 0 Å². The van der Waals surface area contributed by atoms with Gasteiger partial charge in [-0.1, -0.05) is 0 Å². The van der Waals surface area contributed by atoms with Gasteiger partial charge in [0.15, 0.2) is 5.78 Å². The van der Waals surface area contributed by atoms with Crippen molar-refractivity contribution in [3.63, 3.8) is 0 Å². The van der Waals surface area contributed by atoms with Crippen LogP contribution in [-0.4, -0.2) is 21.0 Å². The van der Waals surface area contributed by atoms with Gasteiger partial charge >= 0.3 is 5.69 Å². The van der Waals surface area contributed by atoms with Crippen LogP contribution in [0.5, 0.6) is 0 Å². The molecule has 0 spiro atoms. The maximum absolute atomic E-state index is 13.3. The summed E-state index contributed by atoms with van der Waals surface area (Å²) in [4.78, 5) is 36.6. The molecule has 1 aromatic carbocycles. The van der Waals surface area contributed by atoms with E-state index in [0.717, 1.165) is 9.13 Å². The van der Waals surface area contributed by atoms with Crippen molar-refractivity contribution in [3.8, 4) is 0 Å². The molecule has 8 heteroatoms. The number of carbonyl (C=O) groups excluding carboxylic acids is 1. The molecule has 0 bridgehead atoms. The minimum atomic E-state index is -0.789. The number of hydrogen-bond donors (Lipinski definition) is 2. The number of benzene rings is 1. The van der Waals surface area contributed by atoms with E-state index in [2.05, 4.69) is 5.32 Å². The molecule has 2 rings (SSSR count). The fourth-order valence-corrected chi connectivity index (χ4v) is 2.36. The summed E-state index contributed by atoms with van der Waals surface area (Å²) in [6.07, 6.45) is 0. The topological polar surface area (TPSA) is 99.1 Å². The lowest BCUT2D eigenvalue weighted by Crippen LogP contribution is -2.43. The highest BCUT2D eigenvalue weighted by atomic mass is 19.1. The number of nitrogens with two attached hydrogens (primary N) is 1. The Kier molecular flexibility index (Phi) is 4.59. The Hall–Kier alpha value is -2.90. The molecule has 24 heavy (non-hydrogen) atoms. The summed E-state index contributed by atoms with van der Waals surface area (Å²) in [5.41, 5.74) is 5.14. The van der Waals surface area contributed by atoms with Crippen molar-refractivity contribution >= 4 is 17.3 Å². The number of anilines is 2. The number of rotatable bonds is 4. The first kappa shape index (κ1) is 17.5. The van der Waals surface area contributed by atoms with Crippen LogP contribution in [-0.2, 0) is 14.1 Å². The lowest BCUT2D eigenvalue weighted by molar-refractivity contribution is 0.0973. The van der Waals surface area contributed by atoms with Gasteiger partial charge in [0.1, 0.15) is 17.2 Å². The molecular weight excluding hydrogens is 315 g/mol. The zero-order valence-electron chi connectivity index (χ0n) is 13.9. The summed E-state index contributed by atoms with van der Waals surface area (Å²) < 4.78 is 15.2. The van der Waals surface area contributed by atoms with Crippen LogP contribution in [0.1, 0.15) is 22.8 Å². The standard InChI is InChI=1S/C16H19FN4O3/c1-8-7-10(5-6-11(8)17)19-9(2)13(22)12-14(18)20(3)16(24)21(4)15(12)23/h5-7,9,19H,18H2,1-4H3. The lowest BCUT2D eigenvalue weighted by atomic mass is 10.1. The summed E-state index contributed by atoms with van der Waals surface area (Å²) in [7, 11) is 2.66. The van der Waals surface area contributed by atoms with E-state index < -0.39 is 23.1 Å². The van der Waals surface area contributed by atoms with Crippen molar-refractivity contribution in [2.75, 3.05) is 11.1 Å². The van der Waals surface area contributed by atoms with Gasteiger partial charge in [-0.3, -0.25) is 18.7 Å². The average Bonchev–Trinajstić information content (AvgIpc) is 2.54. The van der Waals surface area contributed by atoms with Crippen LogP contribution >= 0.6 is 0 Å². The van der Waals surface area contributed by atoms with Crippen LogP contribution in [0.2, 0.25) is 0 Å². The molecular formula is C16H19FN4O3.